The Labute approximate surface area is 111 Å². The highest BCUT2D eigenvalue weighted by atomic mass is 19.2. The highest BCUT2D eigenvalue weighted by Gasteiger charge is 2.20. The first kappa shape index (κ1) is 14.5. The van der Waals surface area contributed by atoms with Crippen LogP contribution in [0.3, 0.4) is 0 Å². The van der Waals surface area contributed by atoms with Crippen LogP contribution in [0.4, 0.5) is 22.0 Å². The molecule has 106 valence electrons. The van der Waals surface area contributed by atoms with E-state index in [0.717, 1.165) is 18.2 Å². The standard InChI is InChI=1S/C14H10F5N/c15-9-2-1-3-10(16)8(9)6-12(20)7-4-5-11(17)14(19)13(7)18/h1-5,12H,6,20H2. The Morgan fingerprint density at radius 1 is 0.800 bits per heavy atom. The van der Waals surface area contributed by atoms with Gasteiger partial charge in [-0.05, 0) is 24.6 Å². The van der Waals surface area contributed by atoms with Gasteiger partial charge in [-0.2, -0.15) is 0 Å². The summed E-state index contributed by atoms with van der Waals surface area (Å²) >= 11 is 0. The Hall–Kier alpha value is -1.95. The number of benzene rings is 2. The summed E-state index contributed by atoms with van der Waals surface area (Å²) in [4.78, 5) is 0. The van der Waals surface area contributed by atoms with Crippen LogP contribution in [-0.2, 0) is 6.42 Å². The fourth-order valence-corrected chi connectivity index (χ4v) is 1.88. The summed E-state index contributed by atoms with van der Waals surface area (Å²) in [6.45, 7) is 0. The van der Waals surface area contributed by atoms with E-state index in [1.165, 1.54) is 6.07 Å². The van der Waals surface area contributed by atoms with Crippen LogP contribution in [0.25, 0.3) is 0 Å². The molecule has 0 fully saturated rings. The molecular weight excluding hydrogens is 277 g/mol. The molecule has 1 unspecified atom stereocenters. The van der Waals surface area contributed by atoms with Crippen LogP contribution in [-0.4, -0.2) is 0 Å². The van der Waals surface area contributed by atoms with Gasteiger partial charge in [0.2, 0.25) is 0 Å². The van der Waals surface area contributed by atoms with Gasteiger partial charge in [-0.25, -0.2) is 22.0 Å². The molecule has 0 aromatic heterocycles. The Morgan fingerprint density at radius 2 is 1.40 bits per heavy atom. The van der Waals surface area contributed by atoms with E-state index >= 15 is 0 Å². The van der Waals surface area contributed by atoms with Gasteiger partial charge in [0.05, 0.1) is 0 Å². The van der Waals surface area contributed by atoms with Gasteiger partial charge in [0.25, 0.3) is 0 Å². The van der Waals surface area contributed by atoms with E-state index in [2.05, 4.69) is 0 Å². The predicted molar refractivity (Wildman–Crippen MR) is 63.3 cm³/mol. The van der Waals surface area contributed by atoms with E-state index in [1.807, 2.05) is 0 Å². The van der Waals surface area contributed by atoms with Gasteiger partial charge in [0.15, 0.2) is 17.5 Å². The second-order valence-electron chi connectivity index (χ2n) is 4.28. The van der Waals surface area contributed by atoms with Crippen LogP contribution in [0, 0.1) is 29.1 Å². The largest absolute Gasteiger partial charge is 0.324 e. The monoisotopic (exact) mass is 287 g/mol. The van der Waals surface area contributed by atoms with Gasteiger partial charge in [-0.3, -0.25) is 0 Å². The van der Waals surface area contributed by atoms with E-state index in [1.54, 1.807) is 0 Å². The molecule has 0 aliphatic heterocycles. The third kappa shape index (κ3) is 2.65. The normalized spacial score (nSPS) is 12.5. The summed E-state index contributed by atoms with van der Waals surface area (Å²) in [5.74, 6) is -6.12. The van der Waals surface area contributed by atoms with Gasteiger partial charge in [-0.1, -0.05) is 12.1 Å². The average Bonchev–Trinajstić information content (AvgIpc) is 2.40. The van der Waals surface area contributed by atoms with Crippen LogP contribution >= 0.6 is 0 Å². The van der Waals surface area contributed by atoms with Crippen molar-refractivity contribution >= 4 is 0 Å². The summed E-state index contributed by atoms with van der Waals surface area (Å²) in [6, 6.07) is 3.72. The topological polar surface area (TPSA) is 26.0 Å². The van der Waals surface area contributed by atoms with Crippen molar-refractivity contribution in [3.63, 3.8) is 0 Å². The maximum Gasteiger partial charge on any atom is 0.194 e. The zero-order valence-electron chi connectivity index (χ0n) is 10.1. The van der Waals surface area contributed by atoms with E-state index in [4.69, 9.17) is 5.73 Å². The Balaban J connectivity index is 2.34. The van der Waals surface area contributed by atoms with Crippen molar-refractivity contribution in [2.45, 2.75) is 12.5 Å². The zero-order chi connectivity index (χ0) is 14.9. The molecule has 0 amide bonds. The molecule has 0 aliphatic rings. The van der Waals surface area contributed by atoms with E-state index in [9.17, 15) is 22.0 Å². The van der Waals surface area contributed by atoms with Crippen LogP contribution in [0.15, 0.2) is 30.3 Å². The number of hydrogen-bond donors (Lipinski definition) is 1. The quantitative estimate of drug-likeness (QED) is 0.677. The molecule has 0 heterocycles. The lowest BCUT2D eigenvalue weighted by atomic mass is 9.98. The Morgan fingerprint density at radius 3 is 2.00 bits per heavy atom. The maximum atomic E-state index is 13.5. The molecule has 2 aromatic rings. The molecule has 0 saturated heterocycles. The van der Waals surface area contributed by atoms with Crippen molar-refractivity contribution in [1.82, 2.24) is 0 Å². The van der Waals surface area contributed by atoms with Crippen LogP contribution in [0.5, 0.6) is 0 Å². The van der Waals surface area contributed by atoms with Gasteiger partial charge in [0, 0.05) is 17.2 Å². The lowest BCUT2D eigenvalue weighted by Crippen LogP contribution is -2.17. The summed E-state index contributed by atoms with van der Waals surface area (Å²) in [5, 5.41) is 0. The van der Waals surface area contributed by atoms with Crippen molar-refractivity contribution in [3.05, 3.63) is 70.5 Å². The maximum absolute atomic E-state index is 13.5. The molecule has 2 rings (SSSR count). The van der Waals surface area contributed by atoms with Crippen LogP contribution < -0.4 is 5.73 Å². The Kier molecular flexibility index (Phi) is 4.04. The highest BCUT2D eigenvalue weighted by molar-refractivity contribution is 5.27. The summed E-state index contributed by atoms with van der Waals surface area (Å²) < 4.78 is 66.3. The molecule has 0 saturated carbocycles. The average molecular weight is 287 g/mol. The SMILES string of the molecule is NC(Cc1c(F)cccc1F)c1ccc(F)c(F)c1F. The van der Waals surface area contributed by atoms with Crippen LogP contribution in [0.2, 0.25) is 0 Å². The third-order valence-electron chi connectivity index (χ3n) is 2.95. The predicted octanol–water partition coefficient (Wildman–Crippen LogP) is 3.62. The number of nitrogens with two attached hydrogens (primary N) is 1. The molecule has 6 heteroatoms. The van der Waals surface area contributed by atoms with Crippen molar-refractivity contribution < 1.29 is 22.0 Å². The van der Waals surface area contributed by atoms with Crippen molar-refractivity contribution in [2.75, 3.05) is 0 Å². The minimum Gasteiger partial charge on any atom is -0.324 e. The fraction of sp³-hybridized carbons (Fsp3) is 0.143. The molecule has 0 radical (unpaired) electrons. The lowest BCUT2D eigenvalue weighted by molar-refractivity contribution is 0.433. The fourth-order valence-electron chi connectivity index (χ4n) is 1.88. The van der Waals surface area contributed by atoms with E-state index in [0.29, 0.717) is 6.07 Å². The second kappa shape index (κ2) is 5.58. The molecule has 20 heavy (non-hydrogen) atoms. The van der Waals surface area contributed by atoms with Crippen molar-refractivity contribution in [2.24, 2.45) is 5.73 Å². The minimum absolute atomic E-state index is 0.330. The molecule has 0 aliphatic carbocycles. The van der Waals surface area contributed by atoms with Gasteiger partial charge < -0.3 is 5.73 Å². The first-order valence-electron chi connectivity index (χ1n) is 5.73. The lowest BCUT2D eigenvalue weighted by Gasteiger charge is -2.14. The zero-order valence-corrected chi connectivity index (χ0v) is 10.1. The van der Waals surface area contributed by atoms with E-state index in [-0.39, 0.29) is 17.5 Å². The van der Waals surface area contributed by atoms with E-state index < -0.39 is 35.1 Å². The summed E-state index contributed by atoms with van der Waals surface area (Å²) in [5.41, 5.74) is 4.95. The molecule has 1 nitrogen and oxygen atoms in total. The van der Waals surface area contributed by atoms with Gasteiger partial charge in [0.1, 0.15) is 11.6 Å². The Bertz CT molecular complexity index is 621. The van der Waals surface area contributed by atoms with Gasteiger partial charge >= 0.3 is 0 Å². The minimum atomic E-state index is -1.66. The molecule has 2 aromatic carbocycles. The number of halogens is 5. The number of rotatable bonds is 3. The number of hydrogen-bond acceptors (Lipinski definition) is 1. The van der Waals surface area contributed by atoms with Crippen molar-refractivity contribution in [3.8, 4) is 0 Å². The van der Waals surface area contributed by atoms with Gasteiger partial charge in [-0.15, -0.1) is 0 Å². The first-order valence-corrected chi connectivity index (χ1v) is 5.73. The first-order chi connectivity index (χ1) is 9.41. The van der Waals surface area contributed by atoms with Crippen LogP contribution in [0.1, 0.15) is 17.2 Å². The highest BCUT2D eigenvalue weighted by Crippen LogP contribution is 2.24. The smallest absolute Gasteiger partial charge is 0.194 e. The summed E-state index contributed by atoms with van der Waals surface area (Å²) in [7, 11) is 0. The molecule has 0 spiro atoms. The third-order valence-corrected chi connectivity index (χ3v) is 2.95. The second-order valence-corrected chi connectivity index (χ2v) is 4.28. The molecule has 1 atom stereocenters. The molecule has 2 N–H and O–H groups in total. The van der Waals surface area contributed by atoms with Crippen molar-refractivity contribution in [1.29, 1.82) is 0 Å². The molecular formula is C14H10F5N. The molecule has 0 bridgehead atoms. The summed E-state index contributed by atoms with van der Waals surface area (Å²) in [6.07, 6.45) is -0.375.